The van der Waals surface area contributed by atoms with Crippen molar-refractivity contribution < 1.29 is 14.3 Å². The summed E-state index contributed by atoms with van der Waals surface area (Å²) in [6.07, 6.45) is 9.71. The molecule has 0 bridgehead atoms. The van der Waals surface area contributed by atoms with Gasteiger partial charge in [-0.3, -0.25) is 4.79 Å². The number of hydrogen-bond donors (Lipinski definition) is 4. The summed E-state index contributed by atoms with van der Waals surface area (Å²) in [5.41, 5.74) is 7.01. The molecular formula is C28H44N8O3. The lowest BCUT2D eigenvalue weighted by Gasteiger charge is -2.28. The smallest absolute Gasteiger partial charge is 0.251 e. The lowest BCUT2D eigenvalue weighted by Crippen LogP contribution is -2.32. The van der Waals surface area contributed by atoms with Gasteiger partial charge in [0.25, 0.3) is 5.91 Å². The average molecular weight is 541 g/mol. The van der Waals surface area contributed by atoms with Crippen LogP contribution in [-0.4, -0.2) is 79.5 Å². The number of amides is 1. The number of nitrogens with one attached hydrogen (secondary N) is 3. The summed E-state index contributed by atoms with van der Waals surface area (Å²) in [5, 5.41) is 9.81. The van der Waals surface area contributed by atoms with E-state index in [2.05, 4.69) is 20.9 Å². The van der Waals surface area contributed by atoms with Gasteiger partial charge in [-0.15, -0.1) is 0 Å². The van der Waals surface area contributed by atoms with Crippen LogP contribution in [0.5, 0.6) is 0 Å². The quantitative estimate of drug-likeness (QED) is 0.249. The van der Waals surface area contributed by atoms with Gasteiger partial charge in [0.2, 0.25) is 17.8 Å². The molecule has 0 unspecified atom stereocenters. The van der Waals surface area contributed by atoms with E-state index in [4.69, 9.17) is 30.2 Å². The van der Waals surface area contributed by atoms with Gasteiger partial charge in [-0.2, -0.15) is 15.0 Å². The molecule has 2 aromatic rings. The molecule has 1 aromatic heterocycles. The molecule has 2 aliphatic rings. The number of benzene rings is 1. The lowest BCUT2D eigenvalue weighted by molar-refractivity contribution is 0.0511. The first-order chi connectivity index (χ1) is 19.2. The molecule has 4 rings (SSSR count). The Labute approximate surface area is 231 Å². The van der Waals surface area contributed by atoms with E-state index in [9.17, 15) is 4.79 Å². The van der Waals surface area contributed by atoms with Crippen molar-refractivity contribution in [2.75, 3.05) is 68.1 Å². The van der Waals surface area contributed by atoms with Gasteiger partial charge in [-0.1, -0.05) is 31.4 Å². The third kappa shape index (κ3) is 9.90. The van der Waals surface area contributed by atoms with Gasteiger partial charge in [0, 0.05) is 44.3 Å². The number of anilines is 3. The highest BCUT2D eigenvalue weighted by molar-refractivity contribution is 5.94. The van der Waals surface area contributed by atoms with Crippen molar-refractivity contribution in [2.24, 2.45) is 5.73 Å². The van der Waals surface area contributed by atoms with Crippen molar-refractivity contribution in [2.45, 2.75) is 64.0 Å². The fourth-order valence-corrected chi connectivity index (χ4v) is 4.87. The monoisotopic (exact) mass is 540 g/mol. The fraction of sp³-hybridized carbons (Fsp3) is 0.643. The third-order valence-corrected chi connectivity index (χ3v) is 7.03. The van der Waals surface area contributed by atoms with E-state index in [0.29, 0.717) is 69.6 Å². The van der Waals surface area contributed by atoms with Gasteiger partial charge in [0.05, 0.1) is 26.4 Å². The zero-order valence-electron chi connectivity index (χ0n) is 23.0. The molecule has 1 saturated heterocycles. The molecule has 11 heteroatoms. The van der Waals surface area contributed by atoms with Crippen LogP contribution < -0.4 is 26.6 Å². The van der Waals surface area contributed by atoms with Crippen LogP contribution in [0.1, 0.15) is 67.3 Å². The van der Waals surface area contributed by atoms with Crippen LogP contribution in [0.15, 0.2) is 24.3 Å². The van der Waals surface area contributed by atoms with E-state index in [-0.39, 0.29) is 5.91 Å². The Balaban J connectivity index is 1.28. The molecule has 5 N–H and O–H groups in total. The average Bonchev–Trinajstić information content (AvgIpc) is 2.98. The molecule has 1 aromatic carbocycles. The second-order valence-electron chi connectivity index (χ2n) is 10.1. The number of ether oxygens (including phenoxy) is 2. The number of carbonyl (C=O) groups is 1. The molecule has 2 heterocycles. The predicted molar refractivity (Wildman–Crippen MR) is 153 cm³/mol. The highest BCUT2D eigenvalue weighted by atomic mass is 16.5. The standard InChI is InChI=1S/C28H44N8O3/c29-13-17-38-19-20-39-18-14-30-25(37)23-11-9-22(10-12-23)21-31-26-33-27(32-24-7-3-1-4-8-24)35-28(34-26)36-15-5-2-6-16-36/h9-12,24H,1-8,13-21,29H2,(H,30,37)(H2,31,32,33,34,35). The minimum absolute atomic E-state index is 0.125. The minimum Gasteiger partial charge on any atom is -0.378 e. The topological polar surface area (TPSA) is 140 Å². The molecule has 1 saturated carbocycles. The Morgan fingerprint density at radius 3 is 2.31 bits per heavy atom. The summed E-state index contributed by atoms with van der Waals surface area (Å²) in [6.45, 7) is 5.39. The van der Waals surface area contributed by atoms with Gasteiger partial charge in [0.1, 0.15) is 0 Å². The van der Waals surface area contributed by atoms with Crippen molar-refractivity contribution in [3.8, 4) is 0 Å². The molecule has 39 heavy (non-hydrogen) atoms. The number of aromatic nitrogens is 3. The normalized spacial score (nSPS) is 16.2. The first kappa shape index (κ1) is 29.0. The van der Waals surface area contributed by atoms with Gasteiger partial charge in [0.15, 0.2) is 0 Å². The SMILES string of the molecule is NCCOCCOCCNC(=O)c1ccc(CNc2nc(NC3CCCCC3)nc(N3CCCCC3)n2)cc1. The Morgan fingerprint density at radius 1 is 0.872 bits per heavy atom. The predicted octanol–water partition coefficient (Wildman–Crippen LogP) is 2.94. The van der Waals surface area contributed by atoms with Crippen molar-refractivity contribution in [1.29, 1.82) is 0 Å². The Kier molecular flexibility index (Phi) is 12.0. The summed E-state index contributed by atoms with van der Waals surface area (Å²) in [4.78, 5) is 28.9. The van der Waals surface area contributed by atoms with Crippen LogP contribution in [0.4, 0.5) is 17.8 Å². The van der Waals surface area contributed by atoms with Crippen LogP contribution in [0.3, 0.4) is 0 Å². The minimum atomic E-state index is -0.125. The van der Waals surface area contributed by atoms with Crippen LogP contribution in [-0.2, 0) is 16.0 Å². The van der Waals surface area contributed by atoms with Gasteiger partial charge in [-0.05, 0) is 49.8 Å². The van der Waals surface area contributed by atoms with Gasteiger partial charge in [-0.25, -0.2) is 0 Å². The number of carbonyl (C=O) groups excluding carboxylic acids is 1. The van der Waals surface area contributed by atoms with Crippen molar-refractivity contribution >= 4 is 23.8 Å². The van der Waals surface area contributed by atoms with E-state index in [0.717, 1.165) is 50.3 Å². The zero-order valence-corrected chi connectivity index (χ0v) is 23.0. The third-order valence-electron chi connectivity index (χ3n) is 7.03. The summed E-state index contributed by atoms with van der Waals surface area (Å²) in [6, 6.07) is 7.97. The van der Waals surface area contributed by atoms with Crippen LogP contribution in [0.2, 0.25) is 0 Å². The second-order valence-corrected chi connectivity index (χ2v) is 10.1. The molecule has 0 spiro atoms. The molecule has 1 aliphatic heterocycles. The van der Waals surface area contributed by atoms with E-state index >= 15 is 0 Å². The number of piperidine rings is 1. The second kappa shape index (κ2) is 16.2. The van der Waals surface area contributed by atoms with Crippen molar-refractivity contribution in [3.63, 3.8) is 0 Å². The number of hydrogen-bond acceptors (Lipinski definition) is 10. The molecule has 1 amide bonds. The highest BCUT2D eigenvalue weighted by Crippen LogP contribution is 2.23. The molecule has 1 aliphatic carbocycles. The Bertz CT molecular complexity index is 995. The zero-order chi connectivity index (χ0) is 27.1. The fourth-order valence-electron chi connectivity index (χ4n) is 4.87. The summed E-state index contributed by atoms with van der Waals surface area (Å²) < 4.78 is 10.7. The molecule has 0 atom stereocenters. The largest absolute Gasteiger partial charge is 0.378 e. The van der Waals surface area contributed by atoms with E-state index in [1.165, 1.54) is 25.7 Å². The molecular weight excluding hydrogens is 496 g/mol. The Hall–Kier alpha value is -3.02. The van der Waals surface area contributed by atoms with Crippen molar-refractivity contribution in [1.82, 2.24) is 20.3 Å². The number of nitrogens with two attached hydrogens (primary N) is 1. The van der Waals surface area contributed by atoms with Crippen LogP contribution >= 0.6 is 0 Å². The van der Waals surface area contributed by atoms with E-state index < -0.39 is 0 Å². The number of nitrogens with zero attached hydrogens (tertiary/aromatic N) is 4. The lowest BCUT2D eigenvalue weighted by atomic mass is 9.96. The molecule has 0 radical (unpaired) electrons. The number of rotatable bonds is 15. The first-order valence-electron chi connectivity index (χ1n) is 14.5. The molecule has 214 valence electrons. The van der Waals surface area contributed by atoms with Gasteiger partial charge >= 0.3 is 0 Å². The maximum Gasteiger partial charge on any atom is 0.251 e. The first-order valence-corrected chi connectivity index (χ1v) is 14.5. The maximum absolute atomic E-state index is 12.4. The summed E-state index contributed by atoms with van der Waals surface area (Å²) in [5.74, 6) is 1.84. The summed E-state index contributed by atoms with van der Waals surface area (Å²) >= 11 is 0. The van der Waals surface area contributed by atoms with Crippen molar-refractivity contribution in [3.05, 3.63) is 35.4 Å². The molecule has 11 nitrogen and oxygen atoms in total. The summed E-state index contributed by atoms with van der Waals surface area (Å²) in [7, 11) is 0. The highest BCUT2D eigenvalue weighted by Gasteiger charge is 2.19. The Morgan fingerprint density at radius 2 is 1.56 bits per heavy atom. The van der Waals surface area contributed by atoms with Crippen LogP contribution in [0.25, 0.3) is 0 Å². The van der Waals surface area contributed by atoms with Gasteiger partial charge < -0.3 is 36.1 Å². The maximum atomic E-state index is 12.4. The van der Waals surface area contributed by atoms with Crippen LogP contribution in [0, 0.1) is 0 Å². The molecule has 2 fully saturated rings. The van der Waals surface area contributed by atoms with E-state index in [1.807, 2.05) is 24.3 Å². The van der Waals surface area contributed by atoms with E-state index in [1.54, 1.807) is 0 Å².